The standard InChI is InChI=1S/C13H14Cl2N2O/c14-12-4-3-9(7-13(12)15)6-10(17-16)8-11-2-1-5-18-11/h1-5,7,10,17H,6,8,16H2. The quantitative estimate of drug-likeness (QED) is 0.655. The minimum absolute atomic E-state index is 0.0911. The Hall–Kier alpha value is -1.00. The minimum atomic E-state index is 0.0911. The highest BCUT2D eigenvalue weighted by Gasteiger charge is 2.11. The third-order valence-corrected chi connectivity index (χ3v) is 3.47. The number of hydrogen-bond acceptors (Lipinski definition) is 3. The second-order valence-corrected chi connectivity index (χ2v) is 4.91. The van der Waals surface area contributed by atoms with E-state index in [9.17, 15) is 0 Å². The van der Waals surface area contributed by atoms with Gasteiger partial charge in [0.2, 0.25) is 0 Å². The number of rotatable bonds is 5. The average Bonchev–Trinajstić information content (AvgIpc) is 2.86. The summed E-state index contributed by atoms with van der Waals surface area (Å²) in [6.07, 6.45) is 3.14. The third kappa shape index (κ3) is 3.50. The Labute approximate surface area is 116 Å². The summed E-state index contributed by atoms with van der Waals surface area (Å²) >= 11 is 11.9. The Balaban J connectivity index is 2.03. The van der Waals surface area contributed by atoms with E-state index in [-0.39, 0.29) is 6.04 Å². The molecule has 3 nitrogen and oxygen atoms in total. The molecule has 2 aromatic rings. The van der Waals surface area contributed by atoms with Gasteiger partial charge in [0.25, 0.3) is 0 Å². The normalized spacial score (nSPS) is 12.6. The molecule has 0 bridgehead atoms. The Kier molecular flexibility index (Phi) is 4.66. The van der Waals surface area contributed by atoms with E-state index in [1.807, 2.05) is 24.3 Å². The molecule has 0 amide bonds. The van der Waals surface area contributed by atoms with Crippen LogP contribution in [0.15, 0.2) is 41.0 Å². The van der Waals surface area contributed by atoms with Crippen LogP contribution in [0.2, 0.25) is 10.0 Å². The molecule has 0 spiro atoms. The van der Waals surface area contributed by atoms with Gasteiger partial charge in [0.05, 0.1) is 16.3 Å². The first-order valence-corrected chi connectivity index (χ1v) is 6.37. The number of furan rings is 1. The Morgan fingerprint density at radius 3 is 2.61 bits per heavy atom. The first-order valence-electron chi connectivity index (χ1n) is 5.61. The molecule has 0 saturated heterocycles. The van der Waals surface area contributed by atoms with Crippen LogP contribution in [0.5, 0.6) is 0 Å². The van der Waals surface area contributed by atoms with Crippen LogP contribution in [0.1, 0.15) is 11.3 Å². The predicted octanol–water partition coefficient (Wildman–Crippen LogP) is 3.20. The molecule has 0 aliphatic heterocycles. The van der Waals surface area contributed by atoms with E-state index in [1.165, 1.54) is 0 Å². The van der Waals surface area contributed by atoms with Gasteiger partial charge < -0.3 is 4.42 Å². The number of nitrogens with two attached hydrogens (primary N) is 1. The van der Waals surface area contributed by atoms with Crippen molar-refractivity contribution in [2.45, 2.75) is 18.9 Å². The van der Waals surface area contributed by atoms with Crippen LogP contribution in [0, 0.1) is 0 Å². The lowest BCUT2D eigenvalue weighted by Crippen LogP contribution is -2.38. The number of hydrogen-bond donors (Lipinski definition) is 2. The highest BCUT2D eigenvalue weighted by Crippen LogP contribution is 2.23. The summed E-state index contributed by atoms with van der Waals surface area (Å²) in [5.41, 5.74) is 3.87. The van der Waals surface area contributed by atoms with Crippen molar-refractivity contribution >= 4 is 23.2 Å². The van der Waals surface area contributed by atoms with Gasteiger partial charge in [0, 0.05) is 12.5 Å². The van der Waals surface area contributed by atoms with Crippen molar-refractivity contribution in [3.8, 4) is 0 Å². The fourth-order valence-electron chi connectivity index (χ4n) is 1.81. The summed E-state index contributed by atoms with van der Waals surface area (Å²) in [5, 5.41) is 1.12. The predicted molar refractivity (Wildman–Crippen MR) is 73.7 cm³/mol. The van der Waals surface area contributed by atoms with Gasteiger partial charge in [-0.3, -0.25) is 11.3 Å². The maximum absolute atomic E-state index is 5.98. The van der Waals surface area contributed by atoms with E-state index < -0.39 is 0 Å². The smallest absolute Gasteiger partial charge is 0.105 e. The topological polar surface area (TPSA) is 51.2 Å². The third-order valence-electron chi connectivity index (χ3n) is 2.73. The van der Waals surface area contributed by atoms with Crippen LogP contribution in [0.4, 0.5) is 0 Å². The Bertz CT molecular complexity index is 500. The summed E-state index contributed by atoms with van der Waals surface area (Å²) in [7, 11) is 0. The summed E-state index contributed by atoms with van der Waals surface area (Å²) in [6.45, 7) is 0. The molecule has 0 aliphatic rings. The lowest BCUT2D eigenvalue weighted by atomic mass is 10.0. The van der Waals surface area contributed by atoms with Crippen LogP contribution >= 0.6 is 23.2 Å². The summed E-state index contributed by atoms with van der Waals surface area (Å²) in [6, 6.07) is 9.48. The lowest BCUT2D eigenvalue weighted by Gasteiger charge is -2.14. The van der Waals surface area contributed by atoms with Gasteiger partial charge >= 0.3 is 0 Å². The van der Waals surface area contributed by atoms with Crippen molar-refractivity contribution in [1.29, 1.82) is 0 Å². The van der Waals surface area contributed by atoms with Crippen molar-refractivity contribution in [2.24, 2.45) is 5.84 Å². The van der Waals surface area contributed by atoms with E-state index in [1.54, 1.807) is 12.3 Å². The van der Waals surface area contributed by atoms with Crippen molar-refractivity contribution in [3.05, 3.63) is 58.0 Å². The SMILES string of the molecule is NNC(Cc1ccc(Cl)c(Cl)c1)Cc1ccco1. The average molecular weight is 285 g/mol. The molecular weight excluding hydrogens is 271 g/mol. The molecule has 1 unspecified atom stereocenters. The van der Waals surface area contributed by atoms with E-state index >= 15 is 0 Å². The Morgan fingerprint density at radius 2 is 2.00 bits per heavy atom. The van der Waals surface area contributed by atoms with Gasteiger partial charge in [-0.05, 0) is 36.2 Å². The zero-order valence-electron chi connectivity index (χ0n) is 9.70. The van der Waals surface area contributed by atoms with E-state index in [0.29, 0.717) is 10.0 Å². The molecule has 0 radical (unpaired) electrons. The number of nitrogens with one attached hydrogen (secondary N) is 1. The van der Waals surface area contributed by atoms with E-state index in [2.05, 4.69) is 5.43 Å². The van der Waals surface area contributed by atoms with Crippen molar-refractivity contribution < 1.29 is 4.42 Å². The van der Waals surface area contributed by atoms with Gasteiger partial charge in [0.15, 0.2) is 0 Å². The molecular formula is C13H14Cl2N2O. The van der Waals surface area contributed by atoms with Crippen LogP contribution in [-0.2, 0) is 12.8 Å². The lowest BCUT2D eigenvalue weighted by molar-refractivity contribution is 0.444. The molecule has 0 aliphatic carbocycles. The van der Waals surface area contributed by atoms with Crippen molar-refractivity contribution in [2.75, 3.05) is 0 Å². The van der Waals surface area contributed by atoms with E-state index in [4.69, 9.17) is 33.5 Å². The van der Waals surface area contributed by atoms with Crippen molar-refractivity contribution in [3.63, 3.8) is 0 Å². The second-order valence-electron chi connectivity index (χ2n) is 4.10. The Morgan fingerprint density at radius 1 is 1.17 bits per heavy atom. The summed E-state index contributed by atoms with van der Waals surface area (Å²) < 4.78 is 5.30. The molecule has 1 atom stereocenters. The highest BCUT2D eigenvalue weighted by molar-refractivity contribution is 6.42. The van der Waals surface area contributed by atoms with Crippen molar-refractivity contribution in [1.82, 2.24) is 5.43 Å². The second kappa shape index (κ2) is 6.25. The maximum atomic E-state index is 5.98. The minimum Gasteiger partial charge on any atom is -0.469 e. The summed E-state index contributed by atoms with van der Waals surface area (Å²) in [4.78, 5) is 0. The largest absolute Gasteiger partial charge is 0.469 e. The fourth-order valence-corrected chi connectivity index (χ4v) is 2.13. The molecule has 1 aromatic heterocycles. The number of benzene rings is 1. The van der Waals surface area contributed by atoms with E-state index in [0.717, 1.165) is 24.2 Å². The van der Waals surface area contributed by atoms with Gasteiger partial charge in [-0.25, -0.2) is 0 Å². The molecule has 18 heavy (non-hydrogen) atoms. The molecule has 3 N–H and O–H groups in total. The molecule has 1 heterocycles. The molecule has 96 valence electrons. The highest BCUT2D eigenvalue weighted by atomic mass is 35.5. The molecule has 1 aromatic carbocycles. The summed E-state index contributed by atoms with van der Waals surface area (Å²) in [5.74, 6) is 6.46. The van der Waals surface area contributed by atoms with Crippen LogP contribution in [-0.4, -0.2) is 6.04 Å². The number of halogens is 2. The van der Waals surface area contributed by atoms with Gasteiger partial charge in [0.1, 0.15) is 5.76 Å². The monoisotopic (exact) mass is 284 g/mol. The van der Waals surface area contributed by atoms with Gasteiger partial charge in [-0.15, -0.1) is 0 Å². The van der Waals surface area contributed by atoms with Gasteiger partial charge in [-0.1, -0.05) is 29.3 Å². The zero-order valence-corrected chi connectivity index (χ0v) is 11.2. The first-order chi connectivity index (χ1) is 8.69. The molecule has 0 fully saturated rings. The van der Waals surface area contributed by atoms with Gasteiger partial charge in [-0.2, -0.15) is 0 Å². The first kappa shape index (κ1) is 13.4. The molecule has 5 heteroatoms. The molecule has 0 saturated carbocycles. The zero-order chi connectivity index (χ0) is 13.0. The van der Waals surface area contributed by atoms with Crippen LogP contribution < -0.4 is 11.3 Å². The van der Waals surface area contributed by atoms with Crippen LogP contribution in [0.25, 0.3) is 0 Å². The fraction of sp³-hybridized carbons (Fsp3) is 0.231. The molecule has 2 rings (SSSR count). The number of hydrazine groups is 1. The maximum Gasteiger partial charge on any atom is 0.105 e. The van der Waals surface area contributed by atoms with Crippen LogP contribution in [0.3, 0.4) is 0 Å².